The van der Waals surface area contributed by atoms with E-state index in [1.165, 1.54) is 18.1 Å². The van der Waals surface area contributed by atoms with Crippen LogP contribution in [-0.4, -0.2) is 32.1 Å². The second-order valence-electron chi connectivity index (χ2n) is 5.71. The number of methoxy groups -OCH3 is 2. The molecule has 0 aliphatic carbocycles. The van der Waals surface area contributed by atoms with Crippen molar-refractivity contribution in [3.8, 4) is 11.5 Å². The van der Waals surface area contributed by atoms with Gasteiger partial charge in [-0.3, -0.25) is 4.79 Å². The molecule has 0 bridgehead atoms. The van der Waals surface area contributed by atoms with E-state index < -0.39 is 17.7 Å². The van der Waals surface area contributed by atoms with Gasteiger partial charge < -0.3 is 14.4 Å². The van der Waals surface area contributed by atoms with Gasteiger partial charge in [0, 0.05) is 12.6 Å². The maximum absolute atomic E-state index is 13.4. The zero-order valence-corrected chi connectivity index (χ0v) is 14.7. The van der Waals surface area contributed by atoms with Crippen LogP contribution in [0.3, 0.4) is 0 Å². The van der Waals surface area contributed by atoms with Gasteiger partial charge >= 0.3 is 0 Å². The third kappa shape index (κ3) is 4.26. The van der Waals surface area contributed by atoms with Gasteiger partial charge in [0.05, 0.1) is 26.7 Å². The lowest BCUT2D eigenvalue weighted by Crippen LogP contribution is -2.31. The second kappa shape index (κ2) is 7.96. The Morgan fingerprint density at radius 1 is 1.08 bits per heavy atom. The third-order valence-corrected chi connectivity index (χ3v) is 4.23. The maximum Gasteiger partial charge on any atom is 0.227 e. The number of carbonyl (C=O) groups excluding carboxylic acids is 1. The minimum Gasteiger partial charge on any atom is -0.497 e. The lowest BCUT2D eigenvalue weighted by Gasteiger charge is -2.26. The van der Waals surface area contributed by atoms with Gasteiger partial charge in [-0.15, -0.1) is 0 Å². The van der Waals surface area contributed by atoms with Crippen LogP contribution in [0.15, 0.2) is 36.4 Å². The van der Waals surface area contributed by atoms with Crippen molar-refractivity contribution in [2.75, 3.05) is 21.3 Å². The summed E-state index contributed by atoms with van der Waals surface area (Å²) in [6.07, 6.45) is 0.102. The van der Waals surface area contributed by atoms with E-state index in [4.69, 9.17) is 9.47 Å². The van der Waals surface area contributed by atoms with E-state index in [9.17, 15) is 13.6 Å². The van der Waals surface area contributed by atoms with Crippen LogP contribution in [-0.2, 0) is 11.2 Å². The first-order valence-electron chi connectivity index (χ1n) is 7.79. The van der Waals surface area contributed by atoms with Gasteiger partial charge in [0.15, 0.2) is 11.6 Å². The molecule has 0 aromatic heterocycles. The third-order valence-electron chi connectivity index (χ3n) is 4.23. The summed E-state index contributed by atoms with van der Waals surface area (Å²) in [4.78, 5) is 14.1. The molecule has 0 aliphatic rings. The van der Waals surface area contributed by atoms with E-state index in [-0.39, 0.29) is 12.3 Å². The molecule has 0 heterocycles. The number of benzene rings is 2. The molecule has 6 heteroatoms. The normalized spacial score (nSPS) is 11.8. The Hall–Kier alpha value is -2.63. The predicted molar refractivity (Wildman–Crippen MR) is 90.8 cm³/mol. The molecule has 0 spiro atoms. The summed E-state index contributed by atoms with van der Waals surface area (Å²) in [6, 6.07) is 8.46. The van der Waals surface area contributed by atoms with Crippen LogP contribution >= 0.6 is 0 Å². The van der Waals surface area contributed by atoms with E-state index in [1.807, 2.05) is 0 Å². The summed E-state index contributed by atoms with van der Waals surface area (Å²) in [5, 5.41) is 0. The minimum absolute atomic E-state index is 0.102. The number of halogens is 2. The molecule has 2 rings (SSSR count). The molecule has 0 aliphatic heterocycles. The van der Waals surface area contributed by atoms with Crippen molar-refractivity contribution in [3.63, 3.8) is 0 Å². The fourth-order valence-electron chi connectivity index (χ4n) is 2.52. The van der Waals surface area contributed by atoms with Gasteiger partial charge in [-0.1, -0.05) is 6.07 Å². The predicted octanol–water partition coefficient (Wildman–Crippen LogP) is 3.74. The van der Waals surface area contributed by atoms with Gasteiger partial charge in [-0.2, -0.15) is 0 Å². The first kappa shape index (κ1) is 18.7. The van der Waals surface area contributed by atoms with E-state index in [0.717, 1.165) is 12.1 Å². The van der Waals surface area contributed by atoms with Crippen LogP contribution in [0.4, 0.5) is 8.78 Å². The Morgan fingerprint density at radius 2 is 1.80 bits per heavy atom. The molecule has 0 saturated carbocycles. The van der Waals surface area contributed by atoms with Crippen LogP contribution in [0.5, 0.6) is 11.5 Å². The smallest absolute Gasteiger partial charge is 0.227 e. The van der Waals surface area contributed by atoms with E-state index in [1.54, 1.807) is 39.3 Å². The Bertz CT molecular complexity index is 764. The minimum atomic E-state index is -0.931. The summed E-state index contributed by atoms with van der Waals surface area (Å²) in [5.74, 6) is -0.808. The van der Waals surface area contributed by atoms with Crippen LogP contribution < -0.4 is 9.47 Å². The van der Waals surface area contributed by atoms with Gasteiger partial charge in [0.25, 0.3) is 0 Å². The van der Waals surface area contributed by atoms with Crippen molar-refractivity contribution in [1.29, 1.82) is 0 Å². The van der Waals surface area contributed by atoms with Crippen molar-refractivity contribution in [1.82, 2.24) is 4.90 Å². The molecule has 2 aromatic carbocycles. The molecule has 134 valence electrons. The van der Waals surface area contributed by atoms with Gasteiger partial charge in [-0.05, 0) is 42.8 Å². The molecule has 1 unspecified atom stereocenters. The molecule has 4 nitrogen and oxygen atoms in total. The van der Waals surface area contributed by atoms with E-state index in [0.29, 0.717) is 22.6 Å². The SMILES string of the molecule is COc1ccc(OC)c(CC(=O)N(C)C(C)c2ccc(F)c(F)c2)c1. The van der Waals surface area contributed by atoms with Crippen molar-refractivity contribution in [2.45, 2.75) is 19.4 Å². The summed E-state index contributed by atoms with van der Waals surface area (Å²) in [6.45, 7) is 1.76. The average Bonchev–Trinajstić information content (AvgIpc) is 2.62. The van der Waals surface area contributed by atoms with Crippen molar-refractivity contribution < 1.29 is 23.0 Å². The molecule has 0 N–H and O–H groups in total. The summed E-state index contributed by atoms with van der Waals surface area (Å²) >= 11 is 0. The Morgan fingerprint density at radius 3 is 2.40 bits per heavy atom. The molecule has 0 fully saturated rings. The quantitative estimate of drug-likeness (QED) is 0.797. The number of ether oxygens (including phenoxy) is 2. The number of hydrogen-bond donors (Lipinski definition) is 0. The Kier molecular flexibility index (Phi) is 5.96. The molecule has 0 saturated heterocycles. The van der Waals surface area contributed by atoms with Crippen LogP contribution in [0.1, 0.15) is 24.1 Å². The van der Waals surface area contributed by atoms with Crippen molar-refractivity contribution in [3.05, 3.63) is 59.2 Å². The van der Waals surface area contributed by atoms with Crippen molar-refractivity contribution in [2.24, 2.45) is 0 Å². The average molecular weight is 349 g/mol. The first-order valence-corrected chi connectivity index (χ1v) is 7.79. The molecule has 2 aromatic rings. The van der Waals surface area contributed by atoms with E-state index >= 15 is 0 Å². The molecular formula is C19H21F2NO3. The van der Waals surface area contributed by atoms with Crippen molar-refractivity contribution >= 4 is 5.91 Å². The summed E-state index contributed by atoms with van der Waals surface area (Å²) in [7, 11) is 4.70. The largest absolute Gasteiger partial charge is 0.497 e. The molecule has 0 radical (unpaired) electrons. The van der Waals surface area contributed by atoms with Gasteiger partial charge in [-0.25, -0.2) is 8.78 Å². The lowest BCUT2D eigenvalue weighted by molar-refractivity contribution is -0.131. The van der Waals surface area contributed by atoms with Gasteiger partial charge in [0.2, 0.25) is 5.91 Å². The standard InChI is InChI=1S/C19H21F2NO3/c1-12(13-5-7-16(20)17(21)10-13)22(2)19(23)11-14-9-15(24-3)6-8-18(14)25-4/h5-10,12H,11H2,1-4H3. The number of rotatable bonds is 6. The lowest BCUT2D eigenvalue weighted by atomic mass is 10.0. The Labute approximate surface area is 146 Å². The zero-order chi connectivity index (χ0) is 18.6. The number of nitrogens with zero attached hydrogens (tertiary/aromatic N) is 1. The summed E-state index contributed by atoms with van der Waals surface area (Å²) in [5.41, 5.74) is 1.21. The highest BCUT2D eigenvalue weighted by atomic mass is 19.2. The molecule has 1 atom stereocenters. The second-order valence-corrected chi connectivity index (χ2v) is 5.71. The highest BCUT2D eigenvalue weighted by Crippen LogP contribution is 2.26. The highest BCUT2D eigenvalue weighted by Gasteiger charge is 2.20. The van der Waals surface area contributed by atoms with Gasteiger partial charge in [0.1, 0.15) is 11.5 Å². The van der Waals surface area contributed by atoms with Crippen LogP contribution in [0.25, 0.3) is 0 Å². The number of likely N-dealkylation sites (N-methyl/N-ethyl adjacent to an activating group) is 1. The van der Waals surface area contributed by atoms with E-state index in [2.05, 4.69) is 0 Å². The fraction of sp³-hybridized carbons (Fsp3) is 0.316. The zero-order valence-electron chi connectivity index (χ0n) is 14.7. The summed E-state index contributed by atoms with van der Waals surface area (Å²) < 4.78 is 37.0. The topological polar surface area (TPSA) is 38.8 Å². The van der Waals surface area contributed by atoms with Crippen LogP contribution in [0.2, 0.25) is 0 Å². The first-order chi connectivity index (χ1) is 11.9. The monoisotopic (exact) mass is 349 g/mol. The fourth-order valence-corrected chi connectivity index (χ4v) is 2.52. The number of hydrogen-bond acceptors (Lipinski definition) is 3. The molecule has 25 heavy (non-hydrogen) atoms. The van der Waals surface area contributed by atoms with Crippen LogP contribution in [0, 0.1) is 11.6 Å². The maximum atomic E-state index is 13.4. The number of amides is 1. The Balaban J connectivity index is 2.18. The molecular weight excluding hydrogens is 328 g/mol. The number of carbonyl (C=O) groups is 1. The molecule has 1 amide bonds. The highest BCUT2D eigenvalue weighted by molar-refractivity contribution is 5.80.